The van der Waals surface area contributed by atoms with Gasteiger partial charge in [0.05, 0.1) is 5.02 Å². The van der Waals surface area contributed by atoms with E-state index in [-0.39, 0.29) is 9.92 Å². The van der Waals surface area contributed by atoms with Crippen LogP contribution in [0.25, 0.3) is 0 Å². The molecule has 0 radical (unpaired) electrons. The summed E-state index contributed by atoms with van der Waals surface area (Å²) in [5.41, 5.74) is 1.10. The molecule has 0 bridgehead atoms. The number of hydrogen-bond donors (Lipinski definition) is 2. The average molecular weight is 287 g/mol. The Balaban J connectivity index is 2.08. The van der Waals surface area contributed by atoms with E-state index in [0.29, 0.717) is 6.54 Å². The normalized spacial score (nSPS) is 16.4. The van der Waals surface area contributed by atoms with Gasteiger partial charge in [0, 0.05) is 13.1 Å². The number of sulfonamides is 1. The highest BCUT2D eigenvalue weighted by Crippen LogP contribution is 2.20. The molecule has 0 aliphatic carbocycles. The maximum absolute atomic E-state index is 12.1. The highest BCUT2D eigenvalue weighted by molar-refractivity contribution is 7.89. The second-order valence-corrected chi connectivity index (χ2v) is 6.21. The predicted molar refractivity (Wildman–Crippen MR) is 72.2 cm³/mol. The Morgan fingerprint density at radius 1 is 1.33 bits per heavy atom. The van der Waals surface area contributed by atoms with Gasteiger partial charge in [0.25, 0.3) is 0 Å². The van der Waals surface area contributed by atoms with Crippen molar-refractivity contribution in [2.24, 2.45) is 0 Å². The maximum Gasteiger partial charge on any atom is 0.242 e. The van der Waals surface area contributed by atoms with Crippen molar-refractivity contribution in [3.05, 3.63) is 40.9 Å². The van der Waals surface area contributed by atoms with E-state index < -0.39 is 10.0 Å². The zero-order valence-corrected chi connectivity index (χ0v) is 11.4. The molecule has 1 aliphatic rings. The highest BCUT2D eigenvalue weighted by Gasteiger charge is 2.17. The van der Waals surface area contributed by atoms with E-state index in [4.69, 9.17) is 11.6 Å². The lowest BCUT2D eigenvalue weighted by Crippen LogP contribution is -2.29. The molecule has 98 valence electrons. The van der Waals surface area contributed by atoms with Crippen LogP contribution in [0.4, 0.5) is 0 Å². The van der Waals surface area contributed by atoms with Crippen LogP contribution in [0.3, 0.4) is 0 Å². The molecule has 1 heterocycles. The van der Waals surface area contributed by atoms with Crippen LogP contribution in [0.5, 0.6) is 0 Å². The van der Waals surface area contributed by atoms with Crippen LogP contribution in [0.1, 0.15) is 6.42 Å². The summed E-state index contributed by atoms with van der Waals surface area (Å²) in [7, 11) is -3.53. The smallest absolute Gasteiger partial charge is 0.242 e. The number of benzene rings is 1. The largest absolute Gasteiger partial charge is 0.313 e. The molecule has 0 saturated carbocycles. The van der Waals surface area contributed by atoms with Crippen molar-refractivity contribution in [1.29, 1.82) is 0 Å². The van der Waals surface area contributed by atoms with Crippen molar-refractivity contribution < 1.29 is 8.42 Å². The Morgan fingerprint density at radius 3 is 2.78 bits per heavy atom. The third-order valence-electron chi connectivity index (χ3n) is 2.77. The van der Waals surface area contributed by atoms with Crippen molar-refractivity contribution in [2.75, 3.05) is 19.6 Å². The summed E-state index contributed by atoms with van der Waals surface area (Å²) in [5, 5.41) is 3.42. The second-order valence-electron chi connectivity index (χ2n) is 4.07. The summed E-state index contributed by atoms with van der Waals surface area (Å²) >= 11 is 5.89. The van der Waals surface area contributed by atoms with E-state index in [9.17, 15) is 8.42 Å². The number of nitrogens with one attached hydrogen (secondary N) is 2. The first-order chi connectivity index (χ1) is 8.59. The van der Waals surface area contributed by atoms with Crippen LogP contribution in [0, 0.1) is 0 Å². The molecule has 0 saturated heterocycles. The lowest BCUT2D eigenvalue weighted by molar-refractivity contribution is 0.582. The van der Waals surface area contributed by atoms with Gasteiger partial charge in [-0.15, -0.1) is 0 Å². The monoisotopic (exact) mass is 286 g/mol. The zero-order valence-electron chi connectivity index (χ0n) is 9.82. The minimum Gasteiger partial charge on any atom is -0.313 e. The van der Waals surface area contributed by atoms with Gasteiger partial charge in [0.15, 0.2) is 0 Å². The Kier molecular flexibility index (Phi) is 4.40. The molecule has 0 spiro atoms. The van der Waals surface area contributed by atoms with Gasteiger partial charge >= 0.3 is 0 Å². The molecule has 0 fully saturated rings. The van der Waals surface area contributed by atoms with Crippen LogP contribution in [0.2, 0.25) is 5.02 Å². The third-order valence-corrected chi connectivity index (χ3v) is 4.67. The molecule has 1 aliphatic heterocycles. The minimum absolute atomic E-state index is 0.126. The van der Waals surface area contributed by atoms with Crippen LogP contribution in [0.15, 0.2) is 40.8 Å². The van der Waals surface area contributed by atoms with Crippen LogP contribution in [-0.2, 0) is 10.0 Å². The second kappa shape index (κ2) is 5.84. The molecule has 6 heteroatoms. The minimum atomic E-state index is -3.53. The molecule has 0 aromatic heterocycles. The first-order valence-electron chi connectivity index (χ1n) is 5.72. The molecule has 4 nitrogen and oxygen atoms in total. The van der Waals surface area contributed by atoms with Gasteiger partial charge in [-0.25, -0.2) is 13.1 Å². The van der Waals surface area contributed by atoms with E-state index in [1.807, 2.05) is 6.08 Å². The first kappa shape index (κ1) is 13.5. The lowest BCUT2D eigenvalue weighted by Gasteiger charge is -2.15. The van der Waals surface area contributed by atoms with Gasteiger partial charge in [0.1, 0.15) is 4.90 Å². The Hall–Kier alpha value is -0.880. The van der Waals surface area contributed by atoms with Gasteiger partial charge < -0.3 is 5.32 Å². The molecule has 2 rings (SSSR count). The molecule has 1 aromatic rings. The number of rotatable bonds is 4. The molecule has 0 amide bonds. The van der Waals surface area contributed by atoms with Gasteiger partial charge in [-0.3, -0.25) is 0 Å². The van der Waals surface area contributed by atoms with Gasteiger partial charge in [-0.05, 0) is 25.1 Å². The molecule has 18 heavy (non-hydrogen) atoms. The molecule has 2 N–H and O–H groups in total. The summed E-state index contributed by atoms with van der Waals surface area (Å²) in [4.78, 5) is 0.126. The first-order valence-corrected chi connectivity index (χ1v) is 7.58. The molecular weight excluding hydrogens is 272 g/mol. The van der Waals surface area contributed by atoms with Crippen LogP contribution < -0.4 is 10.0 Å². The molecule has 1 aromatic carbocycles. The fourth-order valence-corrected chi connectivity index (χ4v) is 3.31. The van der Waals surface area contributed by atoms with Crippen LogP contribution >= 0.6 is 11.6 Å². The quantitative estimate of drug-likeness (QED) is 0.826. The van der Waals surface area contributed by atoms with Gasteiger partial charge in [-0.2, -0.15) is 0 Å². The summed E-state index contributed by atoms with van der Waals surface area (Å²) in [6.07, 6.45) is 2.88. The SMILES string of the molecule is O=S(=O)(NCC1=CCNCC1)c1ccccc1Cl. The molecular formula is C12H15ClN2O2S. The van der Waals surface area contributed by atoms with Gasteiger partial charge in [0.2, 0.25) is 10.0 Å². The standard InChI is InChI=1S/C12H15ClN2O2S/c13-11-3-1-2-4-12(11)18(16,17)15-9-10-5-7-14-8-6-10/h1-5,14-15H,6-9H2. The number of halogens is 1. The van der Waals surface area contributed by atoms with E-state index in [1.54, 1.807) is 18.2 Å². The lowest BCUT2D eigenvalue weighted by atomic mass is 10.1. The number of hydrogen-bond acceptors (Lipinski definition) is 3. The Labute approximate surface area is 112 Å². The van der Waals surface area contributed by atoms with Crippen molar-refractivity contribution >= 4 is 21.6 Å². The van der Waals surface area contributed by atoms with E-state index in [0.717, 1.165) is 25.1 Å². The van der Waals surface area contributed by atoms with Crippen molar-refractivity contribution in [3.63, 3.8) is 0 Å². The van der Waals surface area contributed by atoms with Crippen molar-refractivity contribution in [3.8, 4) is 0 Å². The Bertz CT molecular complexity index is 555. The van der Waals surface area contributed by atoms with Crippen molar-refractivity contribution in [1.82, 2.24) is 10.0 Å². The summed E-state index contributed by atoms with van der Waals surface area (Å²) in [5.74, 6) is 0. The summed E-state index contributed by atoms with van der Waals surface area (Å²) in [6.45, 7) is 2.03. The summed E-state index contributed by atoms with van der Waals surface area (Å²) < 4.78 is 26.7. The topological polar surface area (TPSA) is 58.2 Å². The predicted octanol–water partition coefficient (Wildman–Crippen LogP) is 1.54. The van der Waals surface area contributed by atoms with Crippen molar-refractivity contribution in [2.45, 2.75) is 11.3 Å². The van der Waals surface area contributed by atoms with E-state index >= 15 is 0 Å². The van der Waals surface area contributed by atoms with E-state index in [1.165, 1.54) is 6.07 Å². The fraction of sp³-hybridized carbons (Fsp3) is 0.333. The Morgan fingerprint density at radius 2 is 2.11 bits per heavy atom. The molecule has 0 atom stereocenters. The van der Waals surface area contributed by atoms with Crippen LogP contribution in [-0.4, -0.2) is 28.1 Å². The van der Waals surface area contributed by atoms with Gasteiger partial charge in [-0.1, -0.05) is 35.4 Å². The average Bonchev–Trinajstić information content (AvgIpc) is 2.38. The zero-order chi connectivity index (χ0) is 13.0. The molecule has 0 unspecified atom stereocenters. The summed E-state index contributed by atoms with van der Waals surface area (Å²) in [6, 6.07) is 6.43. The third kappa shape index (κ3) is 3.32. The fourth-order valence-electron chi connectivity index (χ4n) is 1.76. The maximum atomic E-state index is 12.1. The van der Waals surface area contributed by atoms with E-state index in [2.05, 4.69) is 10.0 Å². The highest BCUT2D eigenvalue weighted by atomic mass is 35.5.